The lowest BCUT2D eigenvalue weighted by atomic mass is 9.50. The Labute approximate surface area is 159 Å². The van der Waals surface area contributed by atoms with Gasteiger partial charge >= 0.3 is 0 Å². The van der Waals surface area contributed by atoms with E-state index in [9.17, 15) is 0 Å². The van der Waals surface area contributed by atoms with E-state index >= 15 is 0 Å². The van der Waals surface area contributed by atoms with Gasteiger partial charge in [-0.15, -0.1) is 0 Å². The molecule has 0 bridgehead atoms. The molecule has 0 aromatic carbocycles. The summed E-state index contributed by atoms with van der Waals surface area (Å²) in [6, 6.07) is 2.32. The molecular formula is C23H35NO2. The number of nitrogens with zero attached hydrogens (tertiary/aromatic N) is 1. The van der Waals surface area contributed by atoms with E-state index < -0.39 is 0 Å². The molecule has 4 rings (SSSR count). The fourth-order valence-electron chi connectivity index (χ4n) is 7.25. The summed E-state index contributed by atoms with van der Waals surface area (Å²) in [7, 11) is 1.94. The molecule has 0 aliphatic heterocycles. The molecule has 0 radical (unpaired) electrons. The van der Waals surface area contributed by atoms with Crippen LogP contribution in [0.3, 0.4) is 0 Å². The van der Waals surface area contributed by atoms with Crippen LogP contribution in [0.4, 0.5) is 0 Å². The predicted octanol–water partition coefficient (Wildman–Crippen LogP) is 5.31. The number of carbonyl (C=O) groups is 1. The molecule has 3 heteroatoms. The summed E-state index contributed by atoms with van der Waals surface area (Å²) >= 11 is 0. The van der Waals surface area contributed by atoms with E-state index in [-0.39, 0.29) is 0 Å². The number of aldehydes is 1. The first-order valence-electron chi connectivity index (χ1n) is 10.6. The fourth-order valence-corrected chi connectivity index (χ4v) is 7.25. The maximum absolute atomic E-state index is 9.15. The zero-order chi connectivity index (χ0) is 18.7. The van der Waals surface area contributed by atoms with Gasteiger partial charge in [-0.05, 0) is 86.9 Å². The molecule has 4 saturated carbocycles. The van der Waals surface area contributed by atoms with Gasteiger partial charge < -0.3 is 9.53 Å². The first-order valence-corrected chi connectivity index (χ1v) is 10.6. The molecule has 0 N–H and O–H groups in total. The van der Waals surface area contributed by atoms with Crippen molar-refractivity contribution in [2.75, 3.05) is 7.11 Å². The minimum atomic E-state index is 0.302. The SMILES string of the molecule is CC=O.COC1CC2C(CCC3(C)/C(=C\C#N)CCC23)C2CCCCC12. The zero-order valence-corrected chi connectivity index (χ0v) is 16.7. The Hall–Kier alpha value is -1.14. The number of methoxy groups -OCH3 is 1. The molecule has 7 unspecified atom stereocenters. The molecule has 4 aliphatic carbocycles. The van der Waals surface area contributed by atoms with Crippen LogP contribution in [0.2, 0.25) is 0 Å². The van der Waals surface area contributed by atoms with Crippen molar-refractivity contribution < 1.29 is 9.53 Å². The molecule has 144 valence electrons. The third-order valence-electron chi connectivity index (χ3n) is 8.29. The second-order valence-electron chi connectivity index (χ2n) is 9.09. The van der Waals surface area contributed by atoms with E-state index in [1.54, 1.807) is 0 Å². The standard InChI is InChI=1S/C21H31NO.C2H4O/c1-21-11-9-16-15-5-3-4-6-17(15)20(23-2)13-18(16)19(21)8-7-14(21)10-12-22;1-2-3/h10,15-20H,3-9,11,13H2,1-2H3;2H,1H3/b14-10-;. The molecule has 0 aromatic rings. The van der Waals surface area contributed by atoms with E-state index in [1.807, 2.05) is 13.2 Å². The topological polar surface area (TPSA) is 50.1 Å². The summed E-state index contributed by atoms with van der Waals surface area (Å²) in [6.07, 6.45) is 15.2. The van der Waals surface area contributed by atoms with Gasteiger partial charge in [-0.25, -0.2) is 0 Å². The van der Waals surface area contributed by atoms with Crippen molar-refractivity contribution in [3.8, 4) is 6.07 Å². The summed E-state index contributed by atoms with van der Waals surface area (Å²) in [6.45, 7) is 3.90. The van der Waals surface area contributed by atoms with E-state index in [2.05, 4.69) is 13.0 Å². The molecular weight excluding hydrogens is 322 g/mol. The van der Waals surface area contributed by atoms with Crippen LogP contribution in [-0.4, -0.2) is 19.5 Å². The Morgan fingerprint density at radius 3 is 2.42 bits per heavy atom. The number of rotatable bonds is 1. The van der Waals surface area contributed by atoms with Gasteiger partial charge in [-0.2, -0.15) is 5.26 Å². The highest BCUT2D eigenvalue weighted by Crippen LogP contribution is 2.64. The van der Waals surface area contributed by atoms with E-state index in [0.29, 0.717) is 11.5 Å². The van der Waals surface area contributed by atoms with Gasteiger partial charge in [0.25, 0.3) is 0 Å². The smallest absolute Gasteiger partial charge is 0.116 e. The highest BCUT2D eigenvalue weighted by atomic mass is 16.5. The minimum Gasteiger partial charge on any atom is -0.381 e. The van der Waals surface area contributed by atoms with Crippen molar-refractivity contribution in [3.05, 3.63) is 11.6 Å². The number of carbonyl (C=O) groups excluding carboxylic acids is 1. The summed E-state index contributed by atoms with van der Waals surface area (Å²) in [4.78, 5) is 8.81. The molecule has 4 fully saturated rings. The lowest BCUT2D eigenvalue weighted by molar-refractivity contribution is -0.114. The van der Waals surface area contributed by atoms with Crippen LogP contribution in [0.25, 0.3) is 0 Å². The second-order valence-corrected chi connectivity index (χ2v) is 9.09. The number of nitriles is 1. The minimum absolute atomic E-state index is 0.302. The second kappa shape index (κ2) is 8.26. The van der Waals surface area contributed by atoms with Gasteiger partial charge in [0, 0.05) is 13.2 Å². The average molecular weight is 358 g/mol. The van der Waals surface area contributed by atoms with E-state index in [4.69, 9.17) is 14.8 Å². The van der Waals surface area contributed by atoms with Crippen molar-refractivity contribution in [2.45, 2.75) is 77.7 Å². The third-order valence-corrected chi connectivity index (χ3v) is 8.29. The number of allylic oxidation sites excluding steroid dienone is 2. The largest absolute Gasteiger partial charge is 0.381 e. The maximum Gasteiger partial charge on any atom is 0.116 e. The maximum atomic E-state index is 9.15. The molecule has 4 aliphatic rings. The summed E-state index contributed by atoms with van der Waals surface area (Å²) in [5.41, 5.74) is 1.75. The van der Waals surface area contributed by atoms with Gasteiger partial charge in [0.05, 0.1) is 12.2 Å². The van der Waals surface area contributed by atoms with Crippen molar-refractivity contribution >= 4 is 6.29 Å². The number of ether oxygens (including phenoxy) is 1. The summed E-state index contributed by atoms with van der Waals surface area (Å²) in [5.74, 6) is 4.31. The van der Waals surface area contributed by atoms with Crippen molar-refractivity contribution in [3.63, 3.8) is 0 Å². The highest BCUT2D eigenvalue weighted by Gasteiger charge is 2.56. The molecule has 0 aromatic heterocycles. The number of fused-ring (bicyclic) bond motifs is 5. The van der Waals surface area contributed by atoms with Crippen LogP contribution >= 0.6 is 0 Å². The predicted molar refractivity (Wildman–Crippen MR) is 103 cm³/mol. The average Bonchev–Trinajstić information content (AvgIpc) is 2.98. The first-order chi connectivity index (χ1) is 12.6. The van der Waals surface area contributed by atoms with Crippen LogP contribution in [0.15, 0.2) is 11.6 Å². The Kier molecular flexibility index (Phi) is 6.23. The first kappa shape index (κ1) is 19.6. The van der Waals surface area contributed by atoms with Gasteiger partial charge in [-0.3, -0.25) is 0 Å². The van der Waals surface area contributed by atoms with Gasteiger partial charge in [0.15, 0.2) is 0 Å². The fraction of sp³-hybridized carbons (Fsp3) is 0.826. The molecule has 0 amide bonds. The van der Waals surface area contributed by atoms with Gasteiger partial charge in [0.1, 0.15) is 6.29 Å². The van der Waals surface area contributed by atoms with Gasteiger partial charge in [0.2, 0.25) is 0 Å². The van der Waals surface area contributed by atoms with Crippen molar-refractivity contribution in [2.24, 2.45) is 35.0 Å². The van der Waals surface area contributed by atoms with Crippen LogP contribution in [0, 0.1) is 46.3 Å². The third kappa shape index (κ3) is 3.26. The lowest BCUT2D eigenvalue weighted by Crippen LogP contribution is -2.51. The Bertz CT molecular complexity index is 577. The molecule has 7 atom stereocenters. The molecule has 0 spiro atoms. The summed E-state index contributed by atoms with van der Waals surface area (Å²) < 4.78 is 6.00. The molecule has 3 nitrogen and oxygen atoms in total. The Balaban J connectivity index is 0.000000613. The highest BCUT2D eigenvalue weighted by molar-refractivity contribution is 5.44. The Morgan fingerprint density at radius 1 is 1.12 bits per heavy atom. The quantitative estimate of drug-likeness (QED) is 0.472. The zero-order valence-electron chi connectivity index (χ0n) is 16.7. The van der Waals surface area contributed by atoms with Crippen LogP contribution < -0.4 is 0 Å². The van der Waals surface area contributed by atoms with E-state index in [0.717, 1.165) is 42.3 Å². The molecule has 26 heavy (non-hydrogen) atoms. The van der Waals surface area contributed by atoms with Crippen LogP contribution in [0.5, 0.6) is 0 Å². The van der Waals surface area contributed by atoms with Gasteiger partial charge in [-0.1, -0.05) is 25.3 Å². The normalized spacial score (nSPS) is 45.4. The molecule has 0 saturated heterocycles. The molecule has 0 heterocycles. The lowest BCUT2D eigenvalue weighted by Gasteiger charge is -2.56. The van der Waals surface area contributed by atoms with Crippen molar-refractivity contribution in [1.29, 1.82) is 5.26 Å². The van der Waals surface area contributed by atoms with Crippen molar-refractivity contribution in [1.82, 2.24) is 0 Å². The monoisotopic (exact) mass is 357 g/mol. The summed E-state index contributed by atoms with van der Waals surface area (Å²) in [5, 5.41) is 9.15. The van der Waals surface area contributed by atoms with E-state index in [1.165, 1.54) is 63.9 Å². The van der Waals surface area contributed by atoms with Crippen LogP contribution in [0.1, 0.15) is 71.6 Å². The van der Waals surface area contributed by atoms with Crippen LogP contribution in [-0.2, 0) is 9.53 Å². The number of hydrogen-bond acceptors (Lipinski definition) is 3. The number of hydrogen-bond donors (Lipinski definition) is 0. The Morgan fingerprint density at radius 2 is 1.77 bits per heavy atom.